The summed E-state index contributed by atoms with van der Waals surface area (Å²) in [4.78, 5) is 20.8. The molecule has 0 heterocycles. The number of aldehydes is 1. The van der Waals surface area contributed by atoms with E-state index < -0.39 is 12.6 Å². The molecule has 0 saturated heterocycles. The molecule has 0 aliphatic rings. The number of hydrogen-bond donors (Lipinski definition) is 1. The summed E-state index contributed by atoms with van der Waals surface area (Å²) in [7, 11) is 0. The molecule has 6 heteroatoms. The maximum atomic E-state index is 10.5. The summed E-state index contributed by atoms with van der Waals surface area (Å²) in [6.45, 7) is -0.433. The van der Waals surface area contributed by atoms with Gasteiger partial charge < -0.3 is 9.84 Å². The minimum absolute atomic E-state index is 0.364. The normalized spacial score (nSPS) is 9.73. The zero-order valence-electron chi connectivity index (χ0n) is 7.37. The second-order valence-corrected chi connectivity index (χ2v) is 4.32. The minimum atomic E-state index is -1.06. The molecule has 1 aromatic rings. The van der Waals surface area contributed by atoms with Crippen LogP contribution in [0.4, 0.5) is 0 Å². The molecule has 0 bridgehead atoms. The number of benzene rings is 1. The molecule has 1 N–H and O–H groups in total. The second kappa shape index (κ2) is 5.27. The van der Waals surface area contributed by atoms with Crippen LogP contribution < -0.4 is 4.74 Å². The number of aliphatic carboxylic acids is 1. The van der Waals surface area contributed by atoms with Crippen molar-refractivity contribution in [1.82, 2.24) is 0 Å². The van der Waals surface area contributed by atoms with Crippen LogP contribution in [-0.4, -0.2) is 24.0 Å². The molecule has 0 unspecified atom stereocenters. The molecule has 0 aliphatic carbocycles. The Bertz CT molecular complexity index is 380. The summed E-state index contributed by atoms with van der Waals surface area (Å²) in [6, 6.07) is 3.10. The van der Waals surface area contributed by atoms with E-state index in [9.17, 15) is 9.59 Å². The predicted octanol–water partition coefficient (Wildman–Crippen LogP) is 2.49. The largest absolute Gasteiger partial charge is 0.480 e. The zero-order chi connectivity index (χ0) is 11.4. The van der Waals surface area contributed by atoms with Crippen molar-refractivity contribution in [3.63, 3.8) is 0 Å². The lowest BCUT2D eigenvalue weighted by Gasteiger charge is -2.08. The highest BCUT2D eigenvalue weighted by molar-refractivity contribution is 9.11. The van der Waals surface area contributed by atoms with Crippen LogP contribution in [0.1, 0.15) is 10.4 Å². The Hall–Kier alpha value is -0.880. The quantitative estimate of drug-likeness (QED) is 0.857. The Kier molecular flexibility index (Phi) is 4.28. The second-order valence-electron chi connectivity index (χ2n) is 2.61. The molecule has 0 amide bonds. The van der Waals surface area contributed by atoms with Gasteiger partial charge in [0.05, 0.1) is 8.95 Å². The van der Waals surface area contributed by atoms with Gasteiger partial charge in [0.2, 0.25) is 0 Å². The molecule has 0 atom stereocenters. The third-order valence-electron chi connectivity index (χ3n) is 1.50. The van der Waals surface area contributed by atoms with Crippen LogP contribution in [0, 0.1) is 0 Å². The Morgan fingerprint density at radius 3 is 2.33 bits per heavy atom. The van der Waals surface area contributed by atoms with Crippen LogP contribution in [0.2, 0.25) is 0 Å². The van der Waals surface area contributed by atoms with Gasteiger partial charge in [-0.05, 0) is 44.0 Å². The van der Waals surface area contributed by atoms with Crippen LogP contribution in [0.25, 0.3) is 0 Å². The van der Waals surface area contributed by atoms with Gasteiger partial charge in [-0.2, -0.15) is 0 Å². The Morgan fingerprint density at radius 1 is 1.40 bits per heavy atom. The van der Waals surface area contributed by atoms with Gasteiger partial charge in [0, 0.05) is 5.56 Å². The van der Waals surface area contributed by atoms with E-state index in [1.54, 1.807) is 12.1 Å². The average molecular weight is 338 g/mol. The number of carboxylic acids is 1. The molecule has 15 heavy (non-hydrogen) atoms. The number of carboxylic acid groups (broad SMARTS) is 1. The Balaban J connectivity index is 2.97. The van der Waals surface area contributed by atoms with Gasteiger partial charge in [-0.15, -0.1) is 0 Å². The van der Waals surface area contributed by atoms with Gasteiger partial charge in [-0.1, -0.05) is 0 Å². The van der Waals surface area contributed by atoms with Crippen molar-refractivity contribution in [2.75, 3.05) is 6.61 Å². The van der Waals surface area contributed by atoms with E-state index in [2.05, 4.69) is 31.9 Å². The van der Waals surface area contributed by atoms with Crippen molar-refractivity contribution in [2.24, 2.45) is 0 Å². The van der Waals surface area contributed by atoms with Crippen molar-refractivity contribution in [3.8, 4) is 5.75 Å². The monoisotopic (exact) mass is 336 g/mol. The number of halogens is 2. The molecule has 80 valence electrons. The number of carbonyl (C=O) groups is 2. The molecule has 0 fully saturated rings. The first-order valence-corrected chi connectivity index (χ1v) is 5.42. The van der Waals surface area contributed by atoms with Gasteiger partial charge in [0.25, 0.3) is 0 Å². The van der Waals surface area contributed by atoms with Crippen LogP contribution >= 0.6 is 31.9 Å². The highest BCUT2D eigenvalue weighted by atomic mass is 79.9. The molecule has 4 nitrogen and oxygen atoms in total. The van der Waals surface area contributed by atoms with E-state index in [-0.39, 0.29) is 0 Å². The van der Waals surface area contributed by atoms with Crippen molar-refractivity contribution < 1.29 is 19.4 Å². The third kappa shape index (κ3) is 3.32. The third-order valence-corrected chi connectivity index (χ3v) is 2.67. The zero-order valence-corrected chi connectivity index (χ0v) is 10.5. The fraction of sp³-hybridized carbons (Fsp3) is 0.111. The summed E-state index contributed by atoms with van der Waals surface area (Å²) >= 11 is 6.36. The van der Waals surface area contributed by atoms with Crippen LogP contribution in [0.3, 0.4) is 0 Å². The molecule has 0 aliphatic heterocycles. The first-order chi connectivity index (χ1) is 7.04. The lowest BCUT2D eigenvalue weighted by molar-refractivity contribution is -0.139. The van der Waals surface area contributed by atoms with Gasteiger partial charge in [-0.3, -0.25) is 4.79 Å². The van der Waals surface area contributed by atoms with Crippen LogP contribution in [0.5, 0.6) is 5.75 Å². The van der Waals surface area contributed by atoms with Gasteiger partial charge in [0.15, 0.2) is 6.61 Å². The lowest BCUT2D eigenvalue weighted by atomic mass is 10.2. The van der Waals surface area contributed by atoms with E-state index in [0.717, 1.165) is 0 Å². The Morgan fingerprint density at radius 2 is 1.93 bits per heavy atom. The topological polar surface area (TPSA) is 63.6 Å². The van der Waals surface area contributed by atoms with Crippen molar-refractivity contribution in [3.05, 3.63) is 26.6 Å². The predicted molar refractivity (Wildman–Crippen MR) is 60.4 cm³/mol. The van der Waals surface area contributed by atoms with E-state index in [1.165, 1.54) is 0 Å². The summed E-state index contributed by atoms with van der Waals surface area (Å²) < 4.78 is 6.08. The number of ether oxygens (including phenoxy) is 1. The maximum Gasteiger partial charge on any atom is 0.341 e. The molecular formula is C9H6Br2O4. The van der Waals surface area contributed by atoms with E-state index in [4.69, 9.17) is 9.84 Å². The number of rotatable bonds is 4. The Labute approximate surface area is 102 Å². The molecular weight excluding hydrogens is 332 g/mol. The summed E-state index contributed by atoms with van der Waals surface area (Å²) in [6.07, 6.45) is 0.691. The molecule has 1 rings (SSSR count). The van der Waals surface area contributed by atoms with Crippen molar-refractivity contribution in [1.29, 1.82) is 0 Å². The highest BCUT2D eigenvalue weighted by Gasteiger charge is 2.10. The van der Waals surface area contributed by atoms with E-state index in [1.807, 2.05) is 0 Å². The van der Waals surface area contributed by atoms with Crippen molar-refractivity contribution in [2.45, 2.75) is 0 Å². The van der Waals surface area contributed by atoms with Crippen molar-refractivity contribution >= 4 is 44.1 Å². The number of hydrogen-bond acceptors (Lipinski definition) is 3. The first-order valence-electron chi connectivity index (χ1n) is 3.83. The average Bonchev–Trinajstić information content (AvgIpc) is 2.15. The lowest BCUT2D eigenvalue weighted by Crippen LogP contribution is -2.10. The SMILES string of the molecule is O=Cc1cc(Br)c(OCC(=O)O)c(Br)c1. The molecule has 1 aromatic carbocycles. The standard InChI is InChI=1S/C9H6Br2O4/c10-6-1-5(3-12)2-7(11)9(6)15-4-8(13)14/h1-3H,4H2,(H,13,14). The van der Waals surface area contributed by atoms with Crippen LogP contribution in [-0.2, 0) is 4.79 Å². The molecule has 0 radical (unpaired) electrons. The maximum absolute atomic E-state index is 10.5. The molecule has 0 saturated carbocycles. The van der Waals surface area contributed by atoms with E-state index in [0.29, 0.717) is 26.5 Å². The van der Waals surface area contributed by atoms with Gasteiger partial charge in [0.1, 0.15) is 12.0 Å². The summed E-state index contributed by atoms with van der Waals surface area (Å²) in [5.41, 5.74) is 0.469. The fourth-order valence-electron chi connectivity index (χ4n) is 0.919. The first kappa shape index (κ1) is 12.2. The number of carbonyl (C=O) groups excluding carboxylic acids is 1. The molecule has 0 aromatic heterocycles. The van der Waals surface area contributed by atoms with Gasteiger partial charge in [-0.25, -0.2) is 4.79 Å². The van der Waals surface area contributed by atoms with Crippen LogP contribution in [0.15, 0.2) is 21.1 Å². The summed E-state index contributed by atoms with van der Waals surface area (Å²) in [5.74, 6) is -0.698. The fourth-order valence-corrected chi connectivity index (χ4v) is 2.37. The minimum Gasteiger partial charge on any atom is -0.480 e. The van der Waals surface area contributed by atoms with Gasteiger partial charge >= 0.3 is 5.97 Å². The smallest absolute Gasteiger partial charge is 0.341 e. The van der Waals surface area contributed by atoms with E-state index >= 15 is 0 Å². The summed E-state index contributed by atoms with van der Waals surface area (Å²) in [5, 5.41) is 8.45. The molecule has 0 spiro atoms. The highest BCUT2D eigenvalue weighted by Crippen LogP contribution is 2.34.